The van der Waals surface area contributed by atoms with Gasteiger partial charge in [-0.3, -0.25) is 0 Å². The summed E-state index contributed by atoms with van der Waals surface area (Å²) in [6, 6.07) is 14.1. The molecule has 6 heteroatoms. The number of benzene rings is 2. The van der Waals surface area contributed by atoms with Crippen molar-refractivity contribution in [2.24, 2.45) is 0 Å². The van der Waals surface area contributed by atoms with Crippen LogP contribution in [0.25, 0.3) is 0 Å². The average Bonchev–Trinajstić information content (AvgIpc) is 2.79. The van der Waals surface area contributed by atoms with Crippen LogP contribution in [0.5, 0.6) is 11.5 Å². The summed E-state index contributed by atoms with van der Waals surface area (Å²) in [6.07, 6.45) is 0.753. The van der Waals surface area contributed by atoms with Crippen molar-refractivity contribution in [3.8, 4) is 11.5 Å². The molecule has 0 spiro atoms. The minimum atomic E-state index is -0.678. The first-order valence-electron chi connectivity index (χ1n) is 11.2. The maximum Gasteiger partial charge on any atom is 0.122 e. The summed E-state index contributed by atoms with van der Waals surface area (Å²) < 4.78 is 16.8. The van der Waals surface area contributed by atoms with Gasteiger partial charge in [0.2, 0.25) is 0 Å². The number of aliphatic hydroxyl groups is 2. The van der Waals surface area contributed by atoms with Gasteiger partial charge in [-0.1, -0.05) is 51.5 Å². The van der Waals surface area contributed by atoms with E-state index in [1.807, 2.05) is 25.1 Å². The fourth-order valence-corrected chi connectivity index (χ4v) is 3.36. The van der Waals surface area contributed by atoms with Crippen molar-refractivity contribution >= 4 is 11.6 Å². The van der Waals surface area contributed by atoms with E-state index >= 15 is 0 Å². The van der Waals surface area contributed by atoms with Crippen LogP contribution in [0.4, 0.5) is 0 Å². The molecular formula is C26H37ClO5. The van der Waals surface area contributed by atoms with E-state index in [1.54, 1.807) is 0 Å². The SMILES string of the molecule is CCCCOC[C@@H](O)COc1ccc(C(C)(C)c2ccc(OC[C@H](O)CCl)c(C)c2)cc1. The van der Waals surface area contributed by atoms with E-state index in [0.29, 0.717) is 6.61 Å². The molecule has 0 unspecified atom stereocenters. The molecule has 0 aliphatic carbocycles. The Morgan fingerprint density at radius 1 is 0.906 bits per heavy atom. The molecule has 0 saturated heterocycles. The highest BCUT2D eigenvalue weighted by atomic mass is 35.5. The zero-order valence-corrected chi connectivity index (χ0v) is 20.4. The maximum absolute atomic E-state index is 9.99. The molecule has 5 nitrogen and oxygen atoms in total. The van der Waals surface area contributed by atoms with Gasteiger partial charge < -0.3 is 24.4 Å². The van der Waals surface area contributed by atoms with Crippen molar-refractivity contribution in [1.82, 2.24) is 0 Å². The fraction of sp³-hybridized carbons (Fsp3) is 0.538. The van der Waals surface area contributed by atoms with E-state index in [4.69, 9.17) is 25.8 Å². The van der Waals surface area contributed by atoms with E-state index in [9.17, 15) is 10.2 Å². The predicted octanol–water partition coefficient (Wildman–Crippen LogP) is 4.86. The van der Waals surface area contributed by atoms with Gasteiger partial charge in [0.1, 0.15) is 36.9 Å². The van der Waals surface area contributed by atoms with Gasteiger partial charge >= 0.3 is 0 Å². The number of unbranched alkanes of at least 4 members (excludes halogenated alkanes) is 1. The quantitative estimate of drug-likeness (QED) is 0.309. The molecular weight excluding hydrogens is 428 g/mol. The van der Waals surface area contributed by atoms with Gasteiger partial charge in [-0.05, 0) is 48.2 Å². The third-order valence-electron chi connectivity index (χ3n) is 5.48. The monoisotopic (exact) mass is 464 g/mol. The highest BCUT2D eigenvalue weighted by molar-refractivity contribution is 6.18. The second kappa shape index (κ2) is 13.0. The third-order valence-corrected chi connectivity index (χ3v) is 5.83. The Bertz CT molecular complexity index is 806. The minimum absolute atomic E-state index is 0.148. The van der Waals surface area contributed by atoms with Gasteiger partial charge in [0.05, 0.1) is 12.5 Å². The summed E-state index contributed by atoms with van der Waals surface area (Å²) in [5, 5.41) is 19.6. The molecule has 2 N–H and O–H groups in total. The van der Waals surface area contributed by atoms with Crippen LogP contribution >= 0.6 is 11.6 Å². The van der Waals surface area contributed by atoms with Crippen molar-refractivity contribution in [3.05, 3.63) is 59.2 Å². The zero-order chi connectivity index (χ0) is 23.6. The number of ether oxygens (including phenoxy) is 3. The lowest BCUT2D eigenvalue weighted by Crippen LogP contribution is -2.24. The first kappa shape index (κ1) is 26.5. The van der Waals surface area contributed by atoms with Crippen molar-refractivity contribution in [2.75, 3.05) is 32.3 Å². The summed E-state index contributed by atoms with van der Waals surface area (Å²) >= 11 is 5.63. The Hall–Kier alpha value is -1.79. The van der Waals surface area contributed by atoms with Gasteiger partial charge in [0.25, 0.3) is 0 Å². The number of hydrogen-bond donors (Lipinski definition) is 2. The number of halogens is 1. The Kier molecular flexibility index (Phi) is 10.8. The molecule has 0 saturated carbocycles. The smallest absolute Gasteiger partial charge is 0.122 e. The molecule has 0 fully saturated rings. The molecule has 0 heterocycles. The number of alkyl halides is 1. The molecule has 2 aromatic rings. The Morgan fingerprint density at radius 2 is 1.56 bits per heavy atom. The minimum Gasteiger partial charge on any atom is -0.491 e. The van der Waals surface area contributed by atoms with Gasteiger partial charge in [0.15, 0.2) is 0 Å². The van der Waals surface area contributed by atoms with Crippen molar-refractivity contribution in [1.29, 1.82) is 0 Å². The number of hydrogen-bond acceptors (Lipinski definition) is 5. The number of aliphatic hydroxyl groups excluding tert-OH is 2. The molecule has 178 valence electrons. The maximum atomic E-state index is 9.99. The number of aryl methyl sites for hydroxylation is 1. The molecule has 0 amide bonds. The van der Waals surface area contributed by atoms with Crippen LogP contribution in [-0.2, 0) is 10.2 Å². The lowest BCUT2D eigenvalue weighted by Gasteiger charge is -2.27. The van der Waals surface area contributed by atoms with Crippen LogP contribution in [0.15, 0.2) is 42.5 Å². The van der Waals surface area contributed by atoms with E-state index in [1.165, 1.54) is 0 Å². The second-order valence-corrected chi connectivity index (χ2v) is 8.95. The molecule has 2 atom stereocenters. The van der Waals surface area contributed by atoms with E-state index in [0.717, 1.165) is 41.0 Å². The van der Waals surface area contributed by atoms with Crippen LogP contribution in [0.3, 0.4) is 0 Å². The van der Waals surface area contributed by atoms with Crippen LogP contribution < -0.4 is 9.47 Å². The molecule has 0 aliphatic rings. The highest BCUT2D eigenvalue weighted by Gasteiger charge is 2.24. The lowest BCUT2D eigenvalue weighted by molar-refractivity contribution is 0.0113. The number of rotatable bonds is 14. The van der Waals surface area contributed by atoms with Gasteiger partial charge in [0, 0.05) is 12.0 Å². The zero-order valence-electron chi connectivity index (χ0n) is 19.6. The third kappa shape index (κ3) is 7.96. The van der Waals surface area contributed by atoms with E-state index < -0.39 is 12.2 Å². The van der Waals surface area contributed by atoms with E-state index in [2.05, 4.69) is 45.0 Å². The summed E-state index contributed by atoms with van der Waals surface area (Å²) in [5.74, 6) is 1.61. The molecule has 0 aliphatic heterocycles. The van der Waals surface area contributed by atoms with Gasteiger partial charge in [-0.25, -0.2) is 0 Å². The lowest BCUT2D eigenvalue weighted by atomic mass is 9.77. The van der Waals surface area contributed by atoms with E-state index in [-0.39, 0.29) is 31.1 Å². The standard InChI is InChI=1S/C26H37ClO5/c1-5-6-13-30-16-23(29)18-31-24-10-7-20(8-11-24)26(3,4)21-9-12-25(19(2)14-21)32-17-22(28)15-27/h7-12,14,22-23,28-29H,5-6,13,15-18H2,1-4H3/t22-,23-/m1/s1. The Labute approximate surface area is 197 Å². The summed E-state index contributed by atoms with van der Waals surface area (Å²) in [7, 11) is 0. The topological polar surface area (TPSA) is 68.2 Å². The van der Waals surface area contributed by atoms with Crippen molar-refractivity contribution < 1.29 is 24.4 Å². The van der Waals surface area contributed by atoms with Crippen LogP contribution in [0, 0.1) is 6.92 Å². The molecule has 0 radical (unpaired) electrons. The Morgan fingerprint density at radius 3 is 2.19 bits per heavy atom. The fourth-order valence-electron chi connectivity index (χ4n) is 3.27. The first-order valence-corrected chi connectivity index (χ1v) is 11.8. The predicted molar refractivity (Wildman–Crippen MR) is 129 cm³/mol. The summed E-state index contributed by atoms with van der Waals surface area (Å²) in [4.78, 5) is 0. The molecule has 2 rings (SSSR count). The largest absolute Gasteiger partial charge is 0.491 e. The van der Waals surface area contributed by atoms with Crippen molar-refractivity contribution in [2.45, 2.75) is 58.2 Å². The Balaban J connectivity index is 1.96. The molecule has 32 heavy (non-hydrogen) atoms. The second-order valence-electron chi connectivity index (χ2n) is 8.64. The summed E-state index contributed by atoms with van der Waals surface area (Å²) in [6.45, 7) is 9.78. The van der Waals surface area contributed by atoms with Gasteiger partial charge in [-0.15, -0.1) is 11.6 Å². The first-order chi connectivity index (χ1) is 15.3. The highest BCUT2D eigenvalue weighted by Crippen LogP contribution is 2.34. The average molecular weight is 465 g/mol. The molecule has 2 aromatic carbocycles. The van der Waals surface area contributed by atoms with Gasteiger partial charge in [-0.2, -0.15) is 0 Å². The molecule has 0 bridgehead atoms. The van der Waals surface area contributed by atoms with Crippen molar-refractivity contribution in [3.63, 3.8) is 0 Å². The van der Waals surface area contributed by atoms with Crippen LogP contribution in [0.2, 0.25) is 0 Å². The molecule has 0 aromatic heterocycles. The normalized spacial score (nSPS) is 13.6. The summed E-state index contributed by atoms with van der Waals surface area (Å²) in [5.41, 5.74) is 3.10. The van der Waals surface area contributed by atoms with Crippen LogP contribution in [0.1, 0.15) is 50.3 Å². The van der Waals surface area contributed by atoms with Crippen LogP contribution in [-0.4, -0.2) is 54.7 Å².